The molecule has 1 aromatic carbocycles. The Morgan fingerprint density at radius 3 is 2.83 bits per heavy atom. The van der Waals surface area contributed by atoms with Crippen molar-refractivity contribution in [3.8, 4) is 5.75 Å². The Bertz CT molecular complexity index is 576. The monoisotopic (exact) mass is 320 g/mol. The number of nitrogens with zero attached hydrogens (tertiary/aromatic N) is 1. The van der Waals surface area contributed by atoms with Crippen molar-refractivity contribution in [3.63, 3.8) is 0 Å². The molecule has 0 aliphatic carbocycles. The number of anilines is 1. The molecule has 4 N–H and O–H groups in total. The van der Waals surface area contributed by atoms with Gasteiger partial charge < -0.3 is 26.0 Å². The summed E-state index contributed by atoms with van der Waals surface area (Å²) >= 11 is 0. The zero-order valence-electron chi connectivity index (χ0n) is 13.6. The van der Waals surface area contributed by atoms with Crippen molar-refractivity contribution in [2.24, 2.45) is 5.73 Å². The molecule has 1 saturated heterocycles. The Labute approximate surface area is 136 Å². The number of ether oxygens (including phenoxy) is 1. The fourth-order valence-electron chi connectivity index (χ4n) is 2.85. The third-order valence-corrected chi connectivity index (χ3v) is 4.16. The summed E-state index contributed by atoms with van der Waals surface area (Å²) in [7, 11) is 3.57. The molecule has 3 amide bonds. The largest absolute Gasteiger partial charge is 0.496 e. The SMILES string of the molecule is COc1ccc(NC(=O)NCC[C@H]2CCCN2C)cc1C(N)=O. The standard InChI is InChI=1S/C16H24N4O3/c1-20-9-3-4-12(20)7-8-18-16(22)19-11-5-6-14(23-2)13(10-11)15(17)21/h5-6,10,12H,3-4,7-9H2,1-2H3,(H2,17,21)(H2,18,19,22)/t12-/m1/s1. The Kier molecular flexibility index (Phi) is 5.81. The van der Waals surface area contributed by atoms with Crippen LogP contribution < -0.4 is 21.1 Å². The number of carbonyl (C=O) groups is 2. The van der Waals surface area contributed by atoms with Crippen molar-refractivity contribution < 1.29 is 14.3 Å². The molecule has 1 atom stereocenters. The number of amides is 3. The Hall–Kier alpha value is -2.28. The molecule has 1 fully saturated rings. The number of hydrogen-bond acceptors (Lipinski definition) is 4. The van der Waals surface area contributed by atoms with Crippen molar-refractivity contribution in [2.45, 2.75) is 25.3 Å². The first kappa shape index (κ1) is 17.1. The van der Waals surface area contributed by atoms with E-state index in [1.807, 2.05) is 0 Å². The number of likely N-dealkylation sites (tertiary alicyclic amines) is 1. The maximum absolute atomic E-state index is 11.9. The molecule has 1 aromatic rings. The van der Waals surface area contributed by atoms with Gasteiger partial charge in [-0.3, -0.25) is 4.79 Å². The van der Waals surface area contributed by atoms with E-state index in [-0.39, 0.29) is 11.6 Å². The van der Waals surface area contributed by atoms with Gasteiger partial charge in [0.1, 0.15) is 5.75 Å². The van der Waals surface area contributed by atoms with E-state index in [9.17, 15) is 9.59 Å². The van der Waals surface area contributed by atoms with Gasteiger partial charge in [0.15, 0.2) is 0 Å². The van der Waals surface area contributed by atoms with Gasteiger partial charge in [0.05, 0.1) is 12.7 Å². The molecule has 0 radical (unpaired) electrons. The van der Waals surface area contributed by atoms with E-state index >= 15 is 0 Å². The number of benzene rings is 1. The lowest BCUT2D eigenvalue weighted by Gasteiger charge is -2.19. The van der Waals surface area contributed by atoms with Gasteiger partial charge >= 0.3 is 6.03 Å². The number of nitrogens with two attached hydrogens (primary N) is 1. The molecule has 0 aromatic heterocycles. The lowest BCUT2D eigenvalue weighted by atomic mass is 10.1. The smallest absolute Gasteiger partial charge is 0.319 e. The molecule has 2 rings (SSSR count). The van der Waals surface area contributed by atoms with Gasteiger partial charge in [0.2, 0.25) is 0 Å². The van der Waals surface area contributed by atoms with E-state index in [0.29, 0.717) is 24.0 Å². The molecule has 0 bridgehead atoms. The molecular weight excluding hydrogens is 296 g/mol. The number of methoxy groups -OCH3 is 1. The topological polar surface area (TPSA) is 96.7 Å². The molecule has 0 spiro atoms. The van der Waals surface area contributed by atoms with Crippen molar-refractivity contribution in [2.75, 3.05) is 32.6 Å². The maximum Gasteiger partial charge on any atom is 0.319 e. The Balaban J connectivity index is 1.85. The van der Waals surface area contributed by atoms with E-state index in [2.05, 4.69) is 22.6 Å². The van der Waals surface area contributed by atoms with Crippen molar-refractivity contribution in [3.05, 3.63) is 23.8 Å². The first-order chi connectivity index (χ1) is 11.0. The predicted octanol–water partition coefficient (Wildman–Crippen LogP) is 1.40. The average molecular weight is 320 g/mol. The van der Waals surface area contributed by atoms with Crippen LogP contribution in [0, 0.1) is 0 Å². The number of urea groups is 1. The zero-order valence-corrected chi connectivity index (χ0v) is 13.6. The summed E-state index contributed by atoms with van der Waals surface area (Å²) in [5.41, 5.74) is 6.03. The number of nitrogens with one attached hydrogen (secondary N) is 2. The van der Waals surface area contributed by atoms with Crippen molar-refractivity contribution in [1.29, 1.82) is 0 Å². The summed E-state index contributed by atoms with van der Waals surface area (Å²) in [4.78, 5) is 25.6. The van der Waals surface area contributed by atoms with E-state index < -0.39 is 5.91 Å². The molecule has 0 saturated carbocycles. The molecule has 1 aliphatic heterocycles. The summed E-state index contributed by atoms with van der Waals surface area (Å²) in [6.45, 7) is 1.73. The summed E-state index contributed by atoms with van der Waals surface area (Å²) in [5, 5.41) is 5.53. The average Bonchev–Trinajstić information content (AvgIpc) is 2.92. The van der Waals surface area contributed by atoms with Gasteiger partial charge in [-0.05, 0) is 51.1 Å². The van der Waals surface area contributed by atoms with Crippen LogP contribution in [0.5, 0.6) is 5.75 Å². The normalized spacial score (nSPS) is 17.7. The van der Waals surface area contributed by atoms with Crippen LogP contribution in [0.3, 0.4) is 0 Å². The molecule has 126 valence electrons. The van der Waals surface area contributed by atoms with Gasteiger partial charge in [-0.1, -0.05) is 0 Å². The summed E-state index contributed by atoms with van der Waals surface area (Å²) < 4.78 is 5.06. The highest BCUT2D eigenvalue weighted by Gasteiger charge is 2.20. The van der Waals surface area contributed by atoms with E-state index in [1.54, 1.807) is 12.1 Å². The van der Waals surface area contributed by atoms with E-state index in [0.717, 1.165) is 13.0 Å². The second-order valence-corrected chi connectivity index (χ2v) is 5.73. The van der Waals surface area contributed by atoms with Crippen LogP contribution >= 0.6 is 0 Å². The van der Waals surface area contributed by atoms with Crippen LogP contribution in [0.25, 0.3) is 0 Å². The minimum Gasteiger partial charge on any atom is -0.496 e. The maximum atomic E-state index is 11.9. The van der Waals surface area contributed by atoms with Gasteiger partial charge in [0.25, 0.3) is 5.91 Å². The van der Waals surface area contributed by atoms with Gasteiger partial charge in [0, 0.05) is 18.3 Å². The first-order valence-electron chi connectivity index (χ1n) is 7.74. The first-order valence-corrected chi connectivity index (χ1v) is 7.74. The lowest BCUT2D eigenvalue weighted by molar-refractivity contribution is 0.0997. The molecule has 7 nitrogen and oxygen atoms in total. The van der Waals surface area contributed by atoms with Crippen molar-refractivity contribution >= 4 is 17.6 Å². The molecule has 0 unspecified atom stereocenters. The van der Waals surface area contributed by atoms with Gasteiger partial charge in [-0.15, -0.1) is 0 Å². The quantitative estimate of drug-likeness (QED) is 0.738. The van der Waals surface area contributed by atoms with Crippen LogP contribution in [0.1, 0.15) is 29.6 Å². The number of hydrogen-bond donors (Lipinski definition) is 3. The second kappa shape index (κ2) is 7.82. The molecule has 23 heavy (non-hydrogen) atoms. The van der Waals surface area contributed by atoms with Crippen LogP contribution in [-0.2, 0) is 0 Å². The number of rotatable bonds is 6. The molecule has 7 heteroatoms. The van der Waals surface area contributed by atoms with E-state index in [1.165, 1.54) is 26.0 Å². The minimum atomic E-state index is -0.602. The fraction of sp³-hybridized carbons (Fsp3) is 0.500. The lowest BCUT2D eigenvalue weighted by Crippen LogP contribution is -2.34. The second-order valence-electron chi connectivity index (χ2n) is 5.73. The third kappa shape index (κ3) is 4.59. The van der Waals surface area contributed by atoms with Crippen LogP contribution in [-0.4, -0.2) is 50.1 Å². The van der Waals surface area contributed by atoms with Crippen LogP contribution in [0.4, 0.5) is 10.5 Å². The Morgan fingerprint density at radius 1 is 1.43 bits per heavy atom. The molecular formula is C16H24N4O3. The van der Waals surface area contributed by atoms with Crippen LogP contribution in [0.15, 0.2) is 18.2 Å². The predicted molar refractivity (Wildman–Crippen MR) is 88.8 cm³/mol. The Morgan fingerprint density at radius 2 is 2.22 bits per heavy atom. The molecule has 1 aliphatic rings. The summed E-state index contributed by atoms with van der Waals surface area (Å²) in [6.07, 6.45) is 3.33. The van der Waals surface area contributed by atoms with Crippen LogP contribution in [0.2, 0.25) is 0 Å². The minimum absolute atomic E-state index is 0.234. The fourth-order valence-corrected chi connectivity index (χ4v) is 2.85. The summed E-state index contributed by atoms with van der Waals surface area (Å²) in [5.74, 6) is -0.220. The van der Waals surface area contributed by atoms with E-state index in [4.69, 9.17) is 10.5 Å². The highest BCUT2D eigenvalue weighted by molar-refractivity contribution is 5.98. The van der Waals surface area contributed by atoms with Gasteiger partial charge in [-0.25, -0.2) is 4.79 Å². The van der Waals surface area contributed by atoms with Crippen molar-refractivity contribution in [1.82, 2.24) is 10.2 Å². The highest BCUT2D eigenvalue weighted by Crippen LogP contribution is 2.22. The zero-order chi connectivity index (χ0) is 16.8. The van der Waals surface area contributed by atoms with Gasteiger partial charge in [-0.2, -0.15) is 0 Å². The highest BCUT2D eigenvalue weighted by atomic mass is 16.5. The number of carbonyl (C=O) groups excluding carboxylic acids is 2. The summed E-state index contributed by atoms with van der Waals surface area (Å²) in [6, 6.07) is 5.01. The molecule has 1 heterocycles. The number of primary amides is 1. The third-order valence-electron chi connectivity index (χ3n) is 4.16.